The van der Waals surface area contributed by atoms with Crippen LogP contribution < -0.4 is 5.32 Å². The summed E-state index contributed by atoms with van der Waals surface area (Å²) in [4.78, 5) is 7.15. The minimum absolute atomic E-state index is 0.0832. The van der Waals surface area contributed by atoms with Gasteiger partial charge in [-0.05, 0) is 30.7 Å². The molecule has 0 spiro atoms. The predicted molar refractivity (Wildman–Crippen MR) is 66.5 cm³/mol. The molecule has 0 fully saturated rings. The quantitative estimate of drug-likeness (QED) is 0.839. The molecule has 0 aliphatic carbocycles. The summed E-state index contributed by atoms with van der Waals surface area (Å²) in [6.45, 7) is 1.27. The zero-order valence-corrected chi connectivity index (χ0v) is 10.8. The molecule has 1 aromatic heterocycles. The van der Waals surface area contributed by atoms with Gasteiger partial charge in [-0.1, -0.05) is 11.6 Å². The Kier molecular flexibility index (Phi) is 3.80. The van der Waals surface area contributed by atoms with Crippen LogP contribution in [-0.4, -0.2) is 9.97 Å². The van der Waals surface area contributed by atoms with Gasteiger partial charge in [0.2, 0.25) is 5.95 Å². The van der Waals surface area contributed by atoms with Crippen LogP contribution in [0.1, 0.15) is 11.3 Å². The van der Waals surface area contributed by atoms with Crippen LogP contribution in [-0.2, 0) is 6.18 Å². The molecule has 20 heavy (non-hydrogen) atoms. The number of hydrogen-bond donors (Lipinski definition) is 1. The Balaban J connectivity index is 2.32. The molecule has 0 saturated heterocycles. The second-order valence-corrected chi connectivity index (χ2v) is 4.38. The number of anilines is 2. The highest BCUT2D eigenvalue weighted by molar-refractivity contribution is 6.31. The molecule has 3 nitrogen and oxygen atoms in total. The maximum absolute atomic E-state index is 13.0. The highest BCUT2D eigenvalue weighted by atomic mass is 35.5. The van der Waals surface area contributed by atoms with Gasteiger partial charge in [0, 0.05) is 11.9 Å². The molecule has 8 heteroatoms. The van der Waals surface area contributed by atoms with Crippen LogP contribution in [0.4, 0.5) is 29.2 Å². The second-order valence-electron chi connectivity index (χ2n) is 3.98. The SMILES string of the molecule is Cc1cnc(Nc2ccc(F)c(Cl)c2)nc1C(F)(F)F. The van der Waals surface area contributed by atoms with E-state index in [0.717, 1.165) is 12.3 Å². The van der Waals surface area contributed by atoms with E-state index in [2.05, 4.69) is 15.3 Å². The lowest BCUT2D eigenvalue weighted by Gasteiger charge is -2.11. The number of rotatable bonds is 2. The lowest BCUT2D eigenvalue weighted by atomic mass is 10.2. The minimum Gasteiger partial charge on any atom is -0.324 e. The van der Waals surface area contributed by atoms with Crippen molar-refractivity contribution in [2.45, 2.75) is 13.1 Å². The Morgan fingerprint density at radius 1 is 1.25 bits per heavy atom. The second kappa shape index (κ2) is 5.24. The van der Waals surface area contributed by atoms with Crippen molar-refractivity contribution >= 4 is 23.2 Å². The van der Waals surface area contributed by atoms with Crippen molar-refractivity contribution in [3.63, 3.8) is 0 Å². The predicted octanol–water partition coefficient (Wildman–Crippen LogP) is 4.34. The average molecular weight is 306 g/mol. The number of aromatic nitrogens is 2. The van der Waals surface area contributed by atoms with Gasteiger partial charge in [0.25, 0.3) is 0 Å². The third kappa shape index (κ3) is 3.16. The van der Waals surface area contributed by atoms with Crippen molar-refractivity contribution in [3.8, 4) is 0 Å². The van der Waals surface area contributed by atoms with Crippen LogP contribution in [0, 0.1) is 12.7 Å². The van der Waals surface area contributed by atoms with Crippen LogP contribution in [0.3, 0.4) is 0 Å². The number of hydrogen-bond acceptors (Lipinski definition) is 3. The molecule has 1 aromatic carbocycles. The number of halogens is 5. The van der Waals surface area contributed by atoms with Crippen molar-refractivity contribution in [1.82, 2.24) is 9.97 Å². The van der Waals surface area contributed by atoms with Gasteiger partial charge in [-0.25, -0.2) is 14.4 Å². The van der Waals surface area contributed by atoms with Crippen LogP contribution >= 0.6 is 11.6 Å². The number of nitrogens with one attached hydrogen (secondary N) is 1. The van der Waals surface area contributed by atoms with Crippen molar-refractivity contribution in [3.05, 3.63) is 46.5 Å². The smallest absolute Gasteiger partial charge is 0.324 e. The molecule has 2 aromatic rings. The van der Waals surface area contributed by atoms with E-state index in [1.54, 1.807) is 0 Å². The summed E-state index contributed by atoms with van der Waals surface area (Å²) in [5, 5.41) is 2.38. The fourth-order valence-electron chi connectivity index (χ4n) is 1.49. The van der Waals surface area contributed by atoms with E-state index in [-0.39, 0.29) is 22.2 Å². The molecule has 0 unspecified atom stereocenters. The third-order valence-electron chi connectivity index (χ3n) is 2.42. The Labute approximate surface area is 116 Å². The normalized spacial score (nSPS) is 11.5. The lowest BCUT2D eigenvalue weighted by Crippen LogP contribution is -2.12. The van der Waals surface area contributed by atoms with E-state index < -0.39 is 17.7 Å². The van der Waals surface area contributed by atoms with E-state index in [1.807, 2.05) is 0 Å². The van der Waals surface area contributed by atoms with Crippen LogP contribution in [0.5, 0.6) is 0 Å². The summed E-state index contributed by atoms with van der Waals surface area (Å²) in [7, 11) is 0. The summed E-state index contributed by atoms with van der Waals surface area (Å²) in [6, 6.07) is 3.63. The van der Waals surface area contributed by atoms with Crippen molar-refractivity contribution in [2.24, 2.45) is 0 Å². The van der Waals surface area contributed by atoms with Gasteiger partial charge in [0.15, 0.2) is 5.69 Å². The number of aryl methyl sites for hydroxylation is 1. The first-order valence-electron chi connectivity index (χ1n) is 5.40. The summed E-state index contributed by atoms with van der Waals surface area (Å²) in [6.07, 6.45) is -3.51. The maximum Gasteiger partial charge on any atom is 0.433 e. The minimum atomic E-state index is -4.57. The molecule has 0 bridgehead atoms. The number of nitrogens with zero attached hydrogens (tertiary/aromatic N) is 2. The van der Waals surface area contributed by atoms with E-state index in [0.29, 0.717) is 0 Å². The van der Waals surface area contributed by atoms with Gasteiger partial charge in [0.1, 0.15) is 5.82 Å². The first kappa shape index (κ1) is 14.5. The van der Waals surface area contributed by atoms with Crippen molar-refractivity contribution in [1.29, 1.82) is 0 Å². The average Bonchev–Trinajstić information content (AvgIpc) is 2.35. The maximum atomic E-state index is 13.0. The van der Waals surface area contributed by atoms with E-state index in [1.165, 1.54) is 19.1 Å². The zero-order valence-electron chi connectivity index (χ0n) is 10.1. The number of benzene rings is 1. The standard InChI is InChI=1S/C12H8ClF4N3/c1-6-5-18-11(20-10(6)12(15,16)17)19-7-2-3-9(14)8(13)4-7/h2-5H,1H3,(H,18,19,20). The Hall–Kier alpha value is -1.89. The van der Waals surface area contributed by atoms with E-state index in [9.17, 15) is 17.6 Å². The first-order valence-corrected chi connectivity index (χ1v) is 5.78. The molecular formula is C12H8ClF4N3. The highest BCUT2D eigenvalue weighted by Gasteiger charge is 2.35. The molecule has 106 valence electrons. The Morgan fingerprint density at radius 3 is 2.55 bits per heavy atom. The van der Waals surface area contributed by atoms with Crippen LogP contribution in [0.25, 0.3) is 0 Å². The highest BCUT2D eigenvalue weighted by Crippen LogP contribution is 2.31. The first-order chi connectivity index (χ1) is 9.27. The Morgan fingerprint density at radius 2 is 1.95 bits per heavy atom. The topological polar surface area (TPSA) is 37.8 Å². The molecule has 0 radical (unpaired) electrons. The van der Waals surface area contributed by atoms with E-state index >= 15 is 0 Å². The molecule has 0 atom stereocenters. The monoisotopic (exact) mass is 305 g/mol. The molecule has 2 rings (SSSR count). The fourth-order valence-corrected chi connectivity index (χ4v) is 1.67. The van der Waals surface area contributed by atoms with Gasteiger partial charge < -0.3 is 5.32 Å². The van der Waals surface area contributed by atoms with E-state index in [4.69, 9.17) is 11.6 Å². The molecule has 1 heterocycles. The van der Waals surface area contributed by atoms with Gasteiger partial charge in [-0.3, -0.25) is 0 Å². The molecule has 0 aliphatic heterocycles. The summed E-state index contributed by atoms with van der Waals surface area (Å²) in [5.41, 5.74) is -0.822. The Bertz CT molecular complexity index is 643. The largest absolute Gasteiger partial charge is 0.433 e. The van der Waals surface area contributed by atoms with Crippen LogP contribution in [0.2, 0.25) is 5.02 Å². The molecule has 0 aliphatic rings. The van der Waals surface area contributed by atoms with Gasteiger partial charge in [-0.2, -0.15) is 13.2 Å². The molecule has 0 saturated carbocycles. The van der Waals surface area contributed by atoms with Gasteiger partial charge >= 0.3 is 6.18 Å². The van der Waals surface area contributed by atoms with Crippen molar-refractivity contribution in [2.75, 3.05) is 5.32 Å². The third-order valence-corrected chi connectivity index (χ3v) is 2.71. The fraction of sp³-hybridized carbons (Fsp3) is 0.167. The molecule has 1 N–H and O–H groups in total. The summed E-state index contributed by atoms with van der Waals surface area (Å²) >= 11 is 5.57. The number of alkyl halides is 3. The van der Waals surface area contributed by atoms with Gasteiger partial charge in [-0.15, -0.1) is 0 Å². The molecule has 0 amide bonds. The van der Waals surface area contributed by atoms with Gasteiger partial charge in [0.05, 0.1) is 5.02 Å². The van der Waals surface area contributed by atoms with Crippen LogP contribution in [0.15, 0.2) is 24.4 Å². The lowest BCUT2D eigenvalue weighted by molar-refractivity contribution is -0.141. The summed E-state index contributed by atoms with van der Waals surface area (Å²) < 4.78 is 51.1. The van der Waals surface area contributed by atoms with Crippen molar-refractivity contribution < 1.29 is 17.6 Å². The summed E-state index contributed by atoms with van der Waals surface area (Å²) in [5.74, 6) is -0.872. The zero-order chi connectivity index (χ0) is 14.9. The molecular weight excluding hydrogens is 298 g/mol.